The Morgan fingerprint density at radius 3 is 2.22 bits per heavy atom. The number of halogens is 2. The van der Waals surface area contributed by atoms with Gasteiger partial charge in [-0.2, -0.15) is 0 Å². The Kier molecular flexibility index (Phi) is 10.1. The van der Waals surface area contributed by atoms with Crippen molar-refractivity contribution in [2.24, 2.45) is 5.41 Å². The number of aromatic nitrogens is 1. The van der Waals surface area contributed by atoms with Crippen LogP contribution in [0.25, 0.3) is 10.9 Å². The van der Waals surface area contributed by atoms with E-state index in [1.807, 2.05) is 0 Å². The van der Waals surface area contributed by atoms with Gasteiger partial charge < -0.3 is 14.2 Å². The highest BCUT2D eigenvalue weighted by Gasteiger charge is 2.54. The maximum Gasteiger partial charge on any atom is 0.185 e. The molecule has 1 aliphatic carbocycles. The molecule has 0 unspecified atom stereocenters. The van der Waals surface area contributed by atoms with E-state index in [0.29, 0.717) is 58.7 Å². The Morgan fingerprint density at radius 1 is 0.844 bits per heavy atom. The third-order valence-corrected chi connectivity index (χ3v) is 8.66. The van der Waals surface area contributed by atoms with E-state index in [2.05, 4.69) is 4.98 Å². The van der Waals surface area contributed by atoms with Gasteiger partial charge in [0.15, 0.2) is 39.7 Å². The Labute approximate surface area is 264 Å². The summed E-state index contributed by atoms with van der Waals surface area (Å²) >= 11 is 1.29. The molecule has 0 atom stereocenters. The first-order valence-corrected chi connectivity index (χ1v) is 15.7. The number of Topliss-reactive ketones (excluding diaryl/α,β-unsaturated/α-hetero) is 2. The van der Waals surface area contributed by atoms with Crippen LogP contribution in [0.5, 0.6) is 23.0 Å². The molecule has 0 amide bonds. The molecule has 0 bridgehead atoms. The Morgan fingerprint density at radius 2 is 1.56 bits per heavy atom. The number of unbranched alkanes of at least 4 members (excludes halogenated alkanes) is 1. The maximum absolute atomic E-state index is 15.2. The minimum Gasteiger partial charge on any atom is -0.493 e. The molecule has 0 spiro atoms. The molecule has 0 N–H and O–H groups in total. The lowest BCUT2D eigenvalue weighted by molar-refractivity contribution is -0.133. The van der Waals surface area contributed by atoms with Crippen molar-refractivity contribution in [2.45, 2.75) is 45.4 Å². The number of nitrogens with zero attached hydrogens (tertiary/aromatic N) is 1. The first-order valence-electron chi connectivity index (χ1n) is 14.7. The molecule has 0 aliphatic heterocycles. The van der Waals surface area contributed by atoms with Crippen molar-refractivity contribution in [2.75, 3.05) is 19.5 Å². The molecule has 45 heavy (non-hydrogen) atoms. The number of fused-ring (bicyclic) bond motifs is 1. The second-order valence-electron chi connectivity index (χ2n) is 11.0. The van der Waals surface area contributed by atoms with E-state index in [1.54, 1.807) is 37.4 Å². The zero-order valence-corrected chi connectivity index (χ0v) is 25.9. The van der Waals surface area contributed by atoms with Gasteiger partial charge in [-0.3, -0.25) is 19.4 Å². The fraction of sp³-hybridized carbons (Fsp3) is 0.314. The summed E-state index contributed by atoms with van der Waals surface area (Å²) in [7, 11) is 1.52. The SMILES string of the molecule is COc1cc2c(Oc3ccc(CC(=O)C4(C(=O)Cc5ccc(F)cc5)CC4)cc3F)ccnc2cc1OCCCCSC(C)=O. The summed E-state index contributed by atoms with van der Waals surface area (Å²) in [4.78, 5) is 41.6. The third kappa shape index (κ3) is 7.86. The van der Waals surface area contributed by atoms with E-state index in [-0.39, 0.29) is 35.3 Å². The fourth-order valence-electron chi connectivity index (χ4n) is 5.10. The average molecular weight is 634 g/mol. The van der Waals surface area contributed by atoms with Crippen LogP contribution >= 0.6 is 11.8 Å². The summed E-state index contributed by atoms with van der Waals surface area (Å²) in [6, 6.07) is 15.1. The number of rotatable bonds is 15. The van der Waals surface area contributed by atoms with Crippen LogP contribution in [0, 0.1) is 17.0 Å². The van der Waals surface area contributed by atoms with Crippen LogP contribution in [-0.4, -0.2) is 41.1 Å². The first kappa shape index (κ1) is 32.1. The number of thioether (sulfide) groups is 1. The molecule has 0 saturated heterocycles. The van der Waals surface area contributed by atoms with Crippen molar-refractivity contribution in [1.82, 2.24) is 4.98 Å². The molecule has 0 radical (unpaired) electrons. The number of ketones is 2. The van der Waals surface area contributed by atoms with Gasteiger partial charge in [-0.1, -0.05) is 30.0 Å². The third-order valence-electron chi connectivity index (χ3n) is 7.76. The number of carbonyl (C=O) groups excluding carboxylic acids is 3. The molecule has 1 aromatic heterocycles. The van der Waals surface area contributed by atoms with Crippen LogP contribution in [-0.2, 0) is 27.2 Å². The van der Waals surface area contributed by atoms with Crippen LogP contribution in [0.15, 0.2) is 66.9 Å². The van der Waals surface area contributed by atoms with E-state index >= 15 is 4.39 Å². The van der Waals surface area contributed by atoms with E-state index < -0.39 is 17.0 Å². The second-order valence-corrected chi connectivity index (χ2v) is 12.3. The number of pyridine rings is 1. The smallest absolute Gasteiger partial charge is 0.185 e. The maximum atomic E-state index is 15.2. The second kappa shape index (κ2) is 14.2. The van der Waals surface area contributed by atoms with Crippen molar-refractivity contribution < 1.29 is 37.4 Å². The molecule has 7 nitrogen and oxygen atoms in total. The summed E-state index contributed by atoms with van der Waals surface area (Å²) in [5, 5.41) is 0.686. The summed E-state index contributed by atoms with van der Waals surface area (Å²) in [6.07, 6.45) is 4.04. The predicted molar refractivity (Wildman–Crippen MR) is 168 cm³/mol. The number of benzene rings is 3. The van der Waals surface area contributed by atoms with Crippen molar-refractivity contribution in [3.05, 3.63) is 89.6 Å². The first-order chi connectivity index (χ1) is 21.7. The lowest BCUT2D eigenvalue weighted by atomic mass is 9.88. The van der Waals surface area contributed by atoms with Crippen molar-refractivity contribution in [1.29, 1.82) is 0 Å². The highest BCUT2D eigenvalue weighted by Crippen LogP contribution is 2.49. The van der Waals surface area contributed by atoms with Crippen molar-refractivity contribution >= 4 is 39.3 Å². The quantitative estimate of drug-likeness (QED) is 0.0985. The largest absolute Gasteiger partial charge is 0.493 e. The van der Waals surface area contributed by atoms with E-state index in [0.717, 1.165) is 18.6 Å². The molecule has 234 valence electrons. The Balaban J connectivity index is 1.24. The number of hydrogen-bond donors (Lipinski definition) is 0. The molecule has 10 heteroatoms. The van der Waals surface area contributed by atoms with E-state index in [4.69, 9.17) is 14.2 Å². The van der Waals surface area contributed by atoms with Crippen LogP contribution < -0.4 is 14.2 Å². The van der Waals surface area contributed by atoms with Crippen LogP contribution in [0.4, 0.5) is 8.78 Å². The zero-order chi connectivity index (χ0) is 32.0. The lowest BCUT2D eigenvalue weighted by Crippen LogP contribution is -2.28. The summed E-state index contributed by atoms with van der Waals surface area (Å²) in [5.41, 5.74) is 0.591. The lowest BCUT2D eigenvalue weighted by Gasteiger charge is -2.15. The molecule has 1 fully saturated rings. The fourth-order valence-corrected chi connectivity index (χ4v) is 5.73. The molecular formula is C35H33F2NO6S. The highest BCUT2D eigenvalue weighted by atomic mass is 32.2. The molecule has 1 heterocycles. The van der Waals surface area contributed by atoms with Gasteiger partial charge in [0.25, 0.3) is 0 Å². The number of carbonyl (C=O) groups is 3. The van der Waals surface area contributed by atoms with E-state index in [9.17, 15) is 18.8 Å². The van der Waals surface area contributed by atoms with Gasteiger partial charge in [0.1, 0.15) is 11.6 Å². The van der Waals surface area contributed by atoms with Crippen molar-refractivity contribution in [3.8, 4) is 23.0 Å². The molecule has 3 aromatic carbocycles. The number of methoxy groups -OCH3 is 1. The molecule has 1 saturated carbocycles. The molecular weight excluding hydrogens is 600 g/mol. The average Bonchev–Trinajstić information content (AvgIpc) is 3.83. The standard InChI is InChI=1S/C35H33F2NO6S/c1-22(39)45-16-4-3-15-43-32-21-28-26(20-31(32)42-2)29(11-14-38-28)44-30-10-7-24(17-27(30)37)19-34(41)35(12-13-35)33(40)18-23-5-8-25(36)9-6-23/h5-11,14,17,20-21H,3-4,12-13,15-16,18-19H2,1-2H3. The monoisotopic (exact) mass is 633 g/mol. The molecule has 1 aliphatic rings. The summed E-state index contributed by atoms with van der Waals surface area (Å²) < 4.78 is 45.9. The number of ether oxygens (including phenoxy) is 3. The van der Waals surface area contributed by atoms with Crippen LogP contribution in [0.1, 0.15) is 43.7 Å². The predicted octanol–water partition coefficient (Wildman–Crippen LogP) is 7.46. The van der Waals surface area contributed by atoms with E-state index in [1.165, 1.54) is 55.3 Å². The van der Waals surface area contributed by atoms with Crippen molar-refractivity contribution in [3.63, 3.8) is 0 Å². The van der Waals surface area contributed by atoms with Gasteiger partial charge in [-0.25, -0.2) is 8.78 Å². The summed E-state index contributed by atoms with van der Waals surface area (Å²) in [6.45, 7) is 1.99. The van der Waals surface area contributed by atoms with Gasteiger partial charge in [-0.15, -0.1) is 0 Å². The Hall–Kier alpha value is -4.31. The number of hydrogen-bond acceptors (Lipinski definition) is 8. The Bertz CT molecular complexity index is 1720. The zero-order valence-electron chi connectivity index (χ0n) is 25.1. The van der Waals surface area contributed by atoms with Gasteiger partial charge >= 0.3 is 0 Å². The van der Waals surface area contributed by atoms with Gasteiger partial charge in [0.2, 0.25) is 0 Å². The van der Waals surface area contributed by atoms with Gasteiger partial charge in [0.05, 0.1) is 24.6 Å². The minimum atomic E-state index is -1.06. The topological polar surface area (TPSA) is 91.8 Å². The summed E-state index contributed by atoms with van der Waals surface area (Å²) in [5.74, 6) is 0.561. The highest BCUT2D eigenvalue weighted by molar-refractivity contribution is 8.13. The van der Waals surface area contributed by atoms with Gasteiger partial charge in [0, 0.05) is 43.2 Å². The van der Waals surface area contributed by atoms with Crippen LogP contribution in [0.2, 0.25) is 0 Å². The molecule has 5 rings (SSSR count). The molecule has 4 aromatic rings. The normalized spacial score (nSPS) is 13.3. The minimum absolute atomic E-state index is 0.0325. The van der Waals surface area contributed by atoms with Crippen LogP contribution in [0.3, 0.4) is 0 Å². The van der Waals surface area contributed by atoms with Gasteiger partial charge in [-0.05, 0) is 73.2 Å².